The van der Waals surface area contributed by atoms with Crippen molar-refractivity contribution in [3.63, 3.8) is 0 Å². The molecule has 0 unspecified atom stereocenters. The summed E-state index contributed by atoms with van der Waals surface area (Å²) in [5, 5.41) is 2.00. The molecule has 0 aliphatic heterocycles. The van der Waals surface area contributed by atoms with E-state index >= 15 is 0 Å². The van der Waals surface area contributed by atoms with Gasteiger partial charge in [-0.1, -0.05) is 17.7 Å². The van der Waals surface area contributed by atoms with E-state index in [4.69, 9.17) is 17.4 Å². The van der Waals surface area contributed by atoms with Crippen LogP contribution in [0.4, 0.5) is 13.2 Å². The van der Waals surface area contributed by atoms with E-state index in [-0.39, 0.29) is 24.9 Å². The first-order valence-electron chi connectivity index (χ1n) is 5.86. The second kappa shape index (κ2) is 7.28. The molecular formula is C12H13ClF3N3O2. The van der Waals surface area contributed by atoms with E-state index in [1.165, 1.54) is 6.07 Å². The topological polar surface area (TPSA) is 84.2 Å². The molecule has 0 radical (unpaired) electrons. The van der Waals surface area contributed by atoms with E-state index < -0.39 is 28.6 Å². The molecule has 0 aliphatic rings. The normalized spacial score (nSPS) is 11.1. The number of alkyl halides is 3. The van der Waals surface area contributed by atoms with Gasteiger partial charge >= 0.3 is 6.18 Å². The Morgan fingerprint density at radius 1 is 1.19 bits per heavy atom. The highest BCUT2D eigenvalue weighted by Crippen LogP contribution is 2.35. The number of carbonyl (C=O) groups excluding carboxylic acids is 2. The number of hydrazine groups is 1. The predicted octanol–water partition coefficient (Wildman–Crippen LogP) is 1.75. The van der Waals surface area contributed by atoms with Crippen LogP contribution in [0.15, 0.2) is 18.2 Å². The second-order valence-corrected chi connectivity index (χ2v) is 4.56. The highest BCUT2D eigenvalue weighted by atomic mass is 35.5. The number of rotatable bonds is 5. The highest BCUT2D eigenvalue weighted by molar-refractivity contribution is 6.31. The fraction of sp³-hybridized carbons (Fsp3) is 0.333. The number of benzene rings is 1. The number of hydrogen-bond acceptors (Lipinski definition) is 3. The average molecular weight is 324 g/mol. The average Bonchev–Trinajstić information content (AvgIpc) is 2.42. The Bertz CT molecular complexity index is 535. The third-order valence-electron chi connectivity index (χ3n) is 2.57. The van der Waals surface area contributed by atoms with Crippen LogP contribution in [-0.4, -0.2) is 11.8 Å². The lowest BCUT2D eigenvalue weighted by Crippen LogP contribution is -2.31. The van der Waals surface area contributed by atoms with Gasteiger partial charge in [-0.2, -0.15) is 13.2 Å². The summed E-state index contributed by atoms with van der Waals surface area (Å²) in [7, 11) is 0. The molecule has 0 atom stereocenters. The molecule has 0 saturated heterocycles. The zero-order chi connectivity index (χ0) is 16.0. The first kappa shape index (κ1) is 17.3. The Balaban J connectivity index is 2.60. The van der Waals surface area contributed by atoms with E-state index in [9.17, 15) is 22.8 Å². The Morgan fingerprint density at radius 3 is 2.38 bits per heavy atom. The monoisotopic (exact) mass is 323 g/mol. The van der Waals surface area contributed by atoms with E-state index in [1.807, 2.05) is 5.43 Å². The van der Waals surface area contributed by atoms with Crippen LogP contribution in [0.25, 0.3) is 0 Å². The Hall–Kier alpha value is -1.80. The van der Waals surface area contributed by atoms with E-state index in [0.717, 1.165) is 12.1 Å². The van der Waals surface area contributed by atoms with Gasteiger partial charge in [-0.25, -0.2) is 5.84 Å². The van der Waals surface area contributed by atoms with Crippen LogP contribution in [0.2, 0.25) is 5.02 Å². The Kier molecular flexibility index (Phi) is 5.98. The van der Waals surface area contributed by atoms with Crippen molar-refractivity contribution < 1.29 is 22.8 Å². The second-order valence-electron chi connectivity index (χ2n) is 4.16. The lowest BCUT2D eigenvalue weighted by molar-refractivity contribution is -0.137. The molecule has 0 fully saturated rings. The molecule has 2 amide bonds. The van der Waals surface area contributed by atoms with E-state index in [1.54, 1.807) is 0 Å². The van der Waals surface area contributed by atoms with Crippen LogP contribution < -0.4 is 16.6 Å². The largest absolute Gasteiger partial charge is 0.417 e. The first-order valence-corrected chi connectivity index (χ1v) is 6.23. The number of amides is 2. The Morgan fingerprint density at radius 2 is 1.81 bits per heavy atom. The van der Waals surface area contributed by atoms with Crippen LogP contribution in [-0.2, 0) is 22.3 Å². The van der Waals surface area contributed by atoms with Gasteiger partial charge in [-0.15, -0.1) is 0 Å². The van der Waals surface area contributed by atoms with Gasteiger partial charge in [0.15, 0.2) is 0 Å². The van der Waals surface area contributed by atoms with E-state index in [0.29, 0.717) is 0 Å². The zero-order valence-corrected chi connectivity index (χ0v) is 11.5. The minimum atomic E-state index is -4.56. The summed E-state index contributed by atoms with van der Waals surface area (Å²) < 4.78 is 37.9. The minimum absolute atomic E-state index is 0.0939. The summed E-state index contributed by atoms with van der Waals surface area (Å²) in [6.07, 6.45) is -4.77. The van der Waals surface area contributed by atoms with Crippen molar-refractivity contribution >= 4 is 23.4 Å². The van der Waals surface area contributed by atoms with Gasteiger partial charge in [0.25, 0.3) is 0 Å². The van der Waals surface area contributed by atoms with E-state index in [2.05, 4.69) is 5.32 Å². The Labute approximate surface area is 123 Å². The van der Waals surface area contributed by atoms with Crippen LogP contribution in [0, 0.1) is 0 Å². The summed E-state index contributed by atoms with van der Waals surface area (Å²) in [4.78, 5) is 22.2. The molecule has 0 aromatic heterocycles. The molecule has 116 valence electrons. The van der Waals surface area contributed by atoms with Gasteiger partial charge in [-0.05, 0) is 17.7 Å². The van der Waals surface area contributed by atoms with Gasteiger partial charge in [0, 0.05) is 19.4 Å². The first-order chi connectivity index (χ1) is 9.74. The molecule has 0 heterocycles. The molecule has 0 saturated carbocycles. The third-order valence-corrected chi connectivity index (χ3v) is 2.90. The van der Waals surface area contributed by atoms with Crippen molar-refractivity contribution in [3.8, 4) is 0 Å². The molecule has 1 aromatic rings. The van der Waals surface area contributed by atoms with Crippen LogP contribution >= 0.6 is 11.6 Å². The van der Waals surface area contributed by atoms with Crippen molar-refractivity contribution in [3.05, 3.63) is 34.3 Å². The number of nitrogens with one attached hydrogen (secondary N) is 2. The number of carbonyl (C=O) groups is 2. The quantitative estimate of drug-likeness (QED) is 0.438. The van der Waals surface area contributed by atoms with Crippen molar-refractivity contribution in [1.82, 2.24) is 10.7 Å². The minimum Gasteiger partial charge on any atom is -0.352 e. The molecule has 0 bridgehead atoms. The third kappa shape index (κ3) is 5.60. The number of nitrogens with two attached hydrogens (primary N) is 1. The maximum absolute atomic E-state index is 12.6. The molecule has 21 heavy (non-hydrogen) atoms. The highest BCUT2D eigenvalue weighted by Gasteiger charge is 2.33. The molecule has 9 heteroatoms. The van der Waals surface area contributed by atoms with Crippen LogP contribution in [0.5, 0.6) is 0 Å². The summed E-state index contributed by atoms with van der Waals surface area (Å²) >= 11 is 5.48. The lowest BCUT2D eigenvalue weighted by Gasteiger charge is -2.11. The molecule has 1 rings (SSSR count). The lowest BCUT2D eigenvalue weighted by atomic mass is 10.1. The molecular weight excluding hydrogens is 311 g/mol. The van der Waals surface area contributed by atoms with Crippen LogP contribution in [0.1, 0.15) is 24.0 Å². The SMILES string of the molecule is NNC(=O)CCC(=O)NCc1ccc(Cl)c(C(F)(F)F)c1. The van der Waals surface area contributed by atoms with Crippen LogP contribution in [0.3, 0.4) is 0 Å². The summed E-state index contributed by atoms with van der Waals surface area (Å²) in [5.74, 6) is 3.87. The number of halogens is 4. The molecule has 0 aliphatic carbocycles. The van der Waals surface area contributed by atoms with Gasteiger partial charge in [0.1, 0.15) is 0 Å². The number of hydrogen-bond donors (Lipinski definition) is 3. The fourth-order valence-electron chi connectivity index (χ4n) is 1.49. The predicted molar refractivity (Wildman–Crippen MR) is 69.9 cm³/mol. The summed E-state index contributed by atoms with van der Waals surface area (Å²) in [6.45, 7) is -0.0939. The van der Waals surface area contributed by atoms with Crippen molar-refractivity contribution in [2.45, 2.75) is 25.6 Å². The van der Waals surface area contributed by atoms with Gasteiger partial charge in [0.05, 0.1) is 10.6 Å². The van der Waals surface area contributed by atoms with Crippen molar-refractivity contribution in [1.29, 1.82) is 0 Å². The maximum atomic E-state index is 12.6. The molecule has 1 aromatic carbocycles. The van der Waals surface area contributed by atoms with Crippen molar-refractivity contribution in [2.24, 2.45) is 5.84 Å². The molecule has 5 nitrogen and oxygen atoms in total. The van der Waals surface area contributed by atoms with Gasteiger partial charge in [-0.3, -0.25) is 15.0 Å². The molecule has 0 spiro atoms. The standard InChI is InChI=1S/C12H13ClF3N3O2/c13-9-2-1-7(5-8(9)12(14,15)16)6-18-10(20)3-4-11(21)19-17/h1-2,5H,3-4,6,17H2,(H,18,20)(H,19,21). The van der Waals surface area contributed by atoms with Crippen molar-refractivity contribution in [2.75, 3.05) is 0 Å². The molecule has 4 N–H and O–H groups in total. The summed E-state index contributed by atoms with van der Waals surface area (Å²) in [5.41, 5.74) is 1.16. The fourth-order valence-corrected chi connectivity index (χ4v) is 1.71. The zero-order valence-electron chi connectivity index (χ0n) is 10.8. The maximum Gasteiger partial charge on any atom is 0.417 e. The smallest absolute Gasteiger partial charge is 0.352 e. The van der Waals surface area contributed by atoms with Gasteiger partial charge < -0.3 is 5.32 Å². The van der Waals surface area contributed by atoms with Gasteiger partial charge in [0.2, 0.25) is 11.8 Å². The summed E-state index contributed by atoms with van der Waals surface area (Å²) in [6, 6.07) is 3.37.